The van der Waals surface area contributed by atoms with E-state index >= 15 is 0 Å². The first-order valence-electron chi connectivity index (χ1n) is 6.96. The highest BCUT2D eigenvalue weighted by atomic mass is 32.2. The van der Waals surface area contributed by atoms with Crippen molar-refractivity contribution in [3.05, 3.63) is 70.1 Å². The molecule has 0 saturated carbocycles. The monoisotopic (exact) mass is 325 g/mol. The molecule has 0 atom stereocenters. The summed E-state index contributed by atoms with van der Waals surface area (Å²) in [6, 6.07) is 15.9. The first-order valence-corrected chi connectivity index (χ1v) is 8.19. The van der Waals surface area contributed by atoms with Crippen LogP contribution < -0.4 is 4.90 Å². The summed E-state index contributed by atoms with van der Waals surface area (Å²) in [7, 11) is 0. The molecule has 3 rings (SSSR count). The standard InChI is InChI=1S/C18H15NOS2/c1-12-8-9-13(2)15(10-12)19-17(20)16(22-18(19)21)11-14-6-4-3-5-7-14/h3-11H,1-2H3/b16-11-. The quantitative estimate of drug-likeness (QED) is 0.589. The zero-order valence-corrected chi connectivity index (χ0v) is 14.0. The fraction of sp³-hybridized carbons (Fsp3) is 0.111. The minimum Gasteiger partial charge on any atom is -0.268 e. The average molecular weight is 325 g/mol. The van der Waals surface area contributed by atoms with Gasteiger partial charge in [-0.1, -0.05) is 66.4 Å². The molecule has 0 unspecified atom stereocenters. The van der Waals surface area contributed by atoms with Gasteiger partial charge in [0.05, 0.1) is 10.6 Å². The van der Waals surface area contributed by atoms with Crippen LogP contribution in [0.3, 0.4) is 0 Å². The van der Waals surface area contributed by atoms with Crippen LogP contribution in [-0.2, 0) is 4.79 Å². The highest BCUT2D eigenvalue weighted by Crippen LogP contribution is 2.37. The summed E-state index contributed by atoms with van der Waals surface area (Å²) in [4.78, 5) is 15.0. The molecule has 0 aromatic heterocycles. The summed E-state index contributed by atoms with van der Waals surface area (Å²) >= 11 is 6.78. The third-order valence-electron chi connectivity index (χ3n) is 3.50. The van der Waals surface area contributed by atoms with Gasteiger partial charge in [-0.05, 0) is 42.7 Å². The van der Waals surface area contributed by atoms with Crippen molar-refractivity contribution in [2.75, 3.05) is 4.90 Å². The summed E-state index contributed by atoms with van der Waals surface area (Å²) in [5.41, 5.74) is 4.03. The predicted octanol–water partition coefficient (Wildman–Crippen LogP) is 4.71. The lowest BCUT2D eigenvalue weighted by Crippen LogP contribution is -2.28. The minimum absolute atomic E-state index is 0.0486. The van der Waals surface area contributed by atoms with E-state index in [4.69, 9.17) is 12.2 Å². The molecule has 22 heavy (non-hydrogen) atoms. The van der Waals surface area contributed by atoms with Crippen LogP contribution in [0.5, 0.6) is 0 Å². The lowest BCUT2D eigenvalue weighted by atomic mass is 10.1. The number of amides is 1. The number of benzene rings is 2. The molecule has 1 saturated heterocycles. The summed E-state index contributed by atoms with van der Waals surface area (Å²) < 4.78 is 0.584. The van der Waals surface area contributed by atoms with E-state index in [1.54, 1.807) is 4.90 Å². The molecule has 1 aliphatic heterocycles. The molecule has 110 valence electrons. The fourth-order valence-corrected chi connectivity index (χ4v) is 3.62. The molecule has 1 amide bonds. The number of rotatable bonds is 2. The van der Waals surface area contributed by atoms with Crippen LogP contribution in [0.1, 0.15) is 16.7 Å². The second kappa shape index (κ2) is 6.07. The molecule has 1 heterocycles. The maximum Gasteiger partial charge on any atom is 0.270 e. The normalized spacial score (nSPS) is 16.6. The number of carbonyl (C=O) groups excluding carboxylic acids is 1. The number of hydrogen-bond donors (Lipinski definition) is 0. The van der Waals surface area contributed by atoms with E-state index in [1.807, 2.05) is 68.5 Å². The molecular formula is C18H15NOS2. The zero-order valence-electron chi connectivity index (χ0n) is 12.4. The van der Waals surface area contributed by atoms with Gasteiger partial charge in [0, 0.05) is 0 Å². The Labute approximate surface area is 139 Å². The first kappa shape index (κ1) is 15.0. The molecule has 0 bridgehead atoms. The Bertz CT molecular complexity index is 781. The zero-order chi connectivity index (χ0) is 15.7. The van der Waals surface area contributed by atoms with Crippen molar-refractivity contribution in [1.82, 2.24) is 0 Å². The number of carbonyl (C=O) groups is 1. The van der Waals surface area contributed by atoms with E-state index in [9.17, 15) is 4.79 Å². The highest BCUT2D eigenvalue weighted by Gasteiger charge is 2.34. The van der Waals surface area contributed by atoms with Crippen molar-refractivity contribution < 1.29 is 4.79 Å². The minimum atomic E-state index is -0.0486. The van der Waals surface area contributed by atoms with Crippen LogP contribution in [0.15, 0.2) is 53.4 Å². The SMILES string of the molecule is Cc1ccc(C)c(N2C(=O)/C(=C/c3ccccc3)SC2=S)c1. The largest absolute Gasteiger partial charge is 0.270 e. The fourth-order valence-electron chi connectivity index (χ4n) is 2.34. The summed E-state index contributed by atoms with van der Waals surface area (Å²) in [6.45, 7) is 4.01. The molecule has 0 aliphatic carbocycles. The van der Waals surface area contributed by atoms with Crippen LogP contribution in [-0.4, -0.2) is 10.2 Å². The van der Waals surface area contributed by atoms with Gasteiger partial charge >= 0.3 is 0 Å². The second-order valence-electron chi connectivity index (χ2n) is 5.22. The van der Waals surface area contributed by atoms with Gasteiger partial charge < -0.3 is 0 Å². The third kappa shape index (κ3) is 2.85. The van der Waals surface area contributed by atoms with Gasteiger partial charge in [0.2, 0.25) is 0 Å². The van der Waals surface area contributed by atoms with E-state index in [0.29, 0.717) is 9.23 Å². The smallest absolute Gasteiger partial charge is 0.268 e. The van der Waals surface area contributed by atoms with Gasteiger partial charge in [-0.3, -0.25) is 9.69 Å². The Kier molecular flexibility index (Phi) is 4.14. The molecule has 0 N–H and O–H groups in total. The lowest BCUT2D eigenvalue weighted by Gasteiger charge is -2.17. The Morgan fingerprint density at radius 1 is 1.09 bits per heavy atom. The molecule has 1 aliphatic rings. The maximum absolute atomic E-state index is 12.7. The van der Waals surface area contributed by atoms with Gasteiger partial charge in [0.25, 0.3) is 5.91 Å². The van der Waals surface area contributed by atoms with Gasteiger partial charge in [-0.2, -0.15) is 0 Å². The van der Waals surface area contributed by atoms with Crippen LogP contribution >= 0.6 is 24.0 Å². The highest BCUT2D eigenvalue weighted by molar-refractivity contribution is 8.27. The molecule has 2 aromatic rings. The molecule has 2 nitrogen and oxygen atoms in total. The Hall–Kier alpha value is -1.91. The topological polar surface area (TPSA) is 20.3 Å². The number of hydrogen-bond acceptors (Lipinski definition) is 3. The van der Waals surface area contributed by atoms with Gasteiger partial charge in [-0.15, -0.1) is 0 Å². The van der Waals surface area contributed by atoms with Gasteiger partial charge in [0.15, 0.2) is 4.32 Å². The molecule has 1 fully saturated rings. The van der Waals surface area contributed by atoms with Crippen molar-refractivity contribution in [3.63, 3.8) is 0 Å². The second-order valence-corrected chi connectivity index (χ2v) is 6.89. The Balaban J connectivity index is 1.99. The number of aryl methyl sites for hydroxylation is 2. The molecular weight excluding hydrogens is 310 g/mol. The summed E-state index contributed by atoms with van der Waals surface area (Å²) in [5, 5.41) is 0. The van der Waals surface area contributed by atoms with E-state index < -0.39 is 0 Å². The number of thioether (sulfide) groups is 1. The number of anilines is 1. The van der Waals surface area contributed by atoms with Crippen molar-refractivity contribution >= 4 is 46.0 Å². The van der Waals surface area contributed by atoms with Crippen LogP contribution in [0.25, 0.3) is 6.08 Å². The summed E-state index contributed by atoms with van der Waals surface area (Å²) in [5.74, 6) is -0.0486. The predicted molar refractivity (Wildman–Crippen MR) is 98.0 cm³/mol. The molecule has 0 radical (unpaired) electrons. The Morgan fingerprint density at radius 2 is 1.82 bits per heavy atom. The van der Waals surface area contributed by atoms with E-state index in [-0.39, 0.29) is 5.91 Å². The van der Waals surface area contributed by atoms with Crippen LogP contribution in [0.2, 0.25) is 0 Å². The van der Waals surface area contributed by atoms with Crippen molar-refractivity contribution in [2.45, 2.75) is 13.8 Å². The molecule has 4 heteroatoms. The molecule has 0 spiro atoms. The van der Waals surface area contributed by atoms with Crippen molar-refractivity contribution in [2.24, 2.45) is 0 Å². The first-order chi connectivity index (χ1) is 10.6. The van der Waals surface area contributed by atoms with Crippen LogP contribution in [0.4, 0.5) is 5.69 Å². The number of thiocarbonyl (C=S) groups is 1. The molecule has 2 aromatic carbocycles. The summed E-state index contributed by atoms with van der Waals surface area (Å²) in [6.07, 6.45) is 1.89. The average Bonchev–Trinajstić information content (AvgIpc) is 2.77. The van der Waals surface area contributed by atoms with Crippen LogP contribution in [0, 0.1) is 13.8 Å². The van der Waals surface area contributed by atoms with E-state index in [1.165, 1.54) is 11.8 Å². The van der Waals surface area contributed by atoms with Gasteiger partial charge in [0.1, 0.15) is 0 Å². The van der Waals surface area contributed by atoms with E-state index in [2.05, 4.69) is 0 Å². The Morgan fingerprint density at radius 3 is 2.55 bits per heavy atom. The van der Waals surface area contributed by atoms with E-state index in [0.717, 1.165) is 22.4 Å². The van der Waals surface area contributed by atoms with Crippen molar-refractivity contribution in [1.29, 1.82) is 0 Å². The number of nitrogens with zero attached hydrogens (tertiary/aromatic N) is 1. The third-order valence-corrected chi connectivity index (χ3v) is 4.80. The lowest BCUT2D eigenvalue weighted by molar-refractivity contribution is -0.113. The maximum atomic E-state index is 12.7. The van der Waals surface area contributed by atoms with Crippen molar-refractivity contribution in [3.8, 4) is 0 Å². The van der Waals surface area contributed by atoms with Gasteiger partial charge in [-0.25, -0.2) is 0 Å².